The van der Waals surface area contributed by atoms with Gasteiger partial charge in [-0.25, -0.2) is 0 Å². The first kappa shape index (κ1) is 26.8. The monoisotopic (exact) mass is 610 g/mol. The van der Waals surface area contributed by atoms with Gasteiger partial charge in [0.25, 0.3) is 0 Å². The summed E-state index contributed by atoms with van der Waals surface area (Å²) in [4.78, 5) is 0. The van der Waals surface area contributed by atoms with E-state index in [2.05, 4.69) is 191 Å². The van der Waals surface area contributed by atoms with Crippen LogP contribution >= 0.6 is 0 Å². The number of hydrogen-bond acceptors (Lipinski definition) is 0. The van der Waals surface area contributed by atoms with Crippen LogP contribution in [0.3, 0.4) is 0 Å². The van der Waals surface area contributed by atoms with Crippen LogP contribution in [0.4, 0.5) is 0 Å². The smallest absolute Gasteiger partial charge is 0.0641 e. The maximum absolute atomic E-state index is 2.48. The van der Waals surface area contributed by atoms with Gasteiger partial charge in [-0.1, -0.05) is 146 Å². The van der Waals surface area contributed by atoms with Crippen molar-refractivity contribution in [2.75, 3.05) is 0 Å². The molecule has 0 aliphatic heterocycles. The van der Waals surface area contributed by atoms with Crippen molar-refractivity contribution < 1.29 is 0 Å². The summed E-state index contributed by atoms with van der Waals surface area (Å²) < 4.78 is 4.94. The lowest BCUT2D eigenvalue weighted by atomic mass is 10.00. The van der Waals surface area contributed by atoms with E-state index in [1.54, 1.807) is 0 Å². The average molecular weight is 611 g/mol. The Balaban J connectivity index is 1.28. The van der Waals surface area contributed by atoms with Gasteiger partial charge in [0.15, 0.2) is 0 Å². The zero-order valence-corrected chi connectivity index (χ0v) is 26.2. The van der Waals surface area contributed by atoms with E-state index in [0.29, 0.717) is 0 Å². The second-order valence-electron chi connectivity index (χ2n) is 12.6. The van der Waals surface area contributed by atoms with Crippen molar-refractivity contribution in [3.8, 4) is 33.6 Å². The van der Waals surface area contributed by atoms with E-state index in [-0.39, 0.29) is 0 Å². The van der Waals surface area contributed by atoms with E-state index in [4.69, 9.17) is 0 Å². The molecule has 2 aromatic heterocycles. The van der Waals surface area contributed by atoms with E-state index < -0.39 is 0 Å². The minimum absolute atomic E-state index is 1.15. The maximum atomic E-state index is 2.48. The second kappa shape index (κ2) is 10.6. The van der Waals surface area contributed by atoms with E-state index in [9.17, 15) is 0 Å². The molecule has 0 spiro atoms. The number of benzene rings is 8. The lowest BCUT2D eigenvalue weighted by Gasteiger charge is -2.12. The Hall–Kier alpha value is -6.38. The Morgan fingerprint density at radius 1 is 0.292 bits per heavy atom. The zero-order valence-electron chi connectivity index (χ0n) is 26.2. The minimum Gasteiger partial charge on any atom is -0.309 e. The highest BCUT2D eigenvalue weighted by atomic mass is 15.0. The highest BCUT2D eigenvalue weighted by molar-refractivity contribution is 6.29. The van der Waals surface area contributed by atoms with Gasteiger partial charge in [0.1, 0.15) is 0 Å². The van der Waals surface area contributed by atoms with Crippen molar-refractivity contribution in [2.45, 2.75) is 0 Å². The molecule has 0 radical (unpaired) electrons. The van der Waals surface area contributed by atoms with Crippen molar-refractivity contribution >= 4 is 54.4 Å². The molecule has 2 heterocycles. The Morgan fingerprint density at radius 3 is 1.69 bits per heavy atom. The predicted molar refractivity (Wildman–Crippen MR) is 203 cm³/mol. The quantitative estimate of drug-likeness (QED) is 0.188. The Kier molecular flexibility index (Phi) is 5.91. The maximum Gasteiger partial charge on any atom is 0.0641 e. The molecule has 48 heavy (non-hydrogen) atoms. The van der Waals surface area contributed by atoms with Crippen LogP contribution in [0.25, 0.3) is 88.0 Å². The molecule has 10 rings (SSSR count). The first-order valence-corrected chi connectivity index (χ1v) is 16.5. The van der Waals surface area contributed by atoms with Crippen molar-refractivity contribution in [3.63, 3.8) is 0 Å². The van der Waals surface area contributed by atoms with Gasteiger partial charge in [-0.15, -0.1) is 0 Å². The lowest BCUT2D eigenvalue weighted by molar-refractivity contribution is 1.18. The van der Waals surface area contributed by atoms with Gasteiger partial charge in [-0.05, 0) is 64.0 Å². The molecule has 8 aromatic carbocycles. The number of rotatable bonds is 4. The summed E-state index contributed by atoms with van der Waals surface area (Å²) in [6.07, 6.45) is 0. The molecular formula is C46H30N2. The van der Waals surface area contributed by atoms with Gasteiger partial charge in [0, 0.05) is 38.3 Å². The first-order valence-electron chi connectivity index (χ1n) is 16.5. The molecule has 0 saturated carbocycles. The highest BCUT2D eigenvalue weighted by Gasteiger charge is 2.22. The number of fused-ring (bicyclic) bond motifs is 9. The molecule has 0 saturated heterocycles. The largest absolute Gasteiger partial charge is 0.309 e. The Bertz CT molecular complexity index is 2800. The van der Waals surface area contributed by atoms with Crippen LogP contribution in [-0.2, 0) is 0 Å². The molecule has 0 aliphatic rings. The van der Waals surface area contributed by atoms with Gasteiger partial charge >= 0.3 is 0 Å². The van der Waals surface area contributed by atoms with Crippen LogP contribution in [0.15, 0.2) is 182 Å². The minimum atomic E-state index is 1.15. The van der Waals surface area contributed by atoms with E-state index in [1.807, 2.05) is 0 Å². The molecule has 0 N–H and O–H groups in total. The Labute approximate surface area is 278 Å². The summed E-state index contributed by atoms with van der Waals surface area (Å²) in [6, 6.07) is 66.1. The van der Waals surface area contributed by atoms with E-state index >= 15 is 0 Å². The first-order chi connectivity index (χ1) is 23.8. The van der Waals surface area contributed by atoms with Crippen molar-refractivity contribution in [1.82, 2.24) is 9.13 Å². The fraction of sp³-hybridized carbons (Fsp3) is 0. The third-order valence-corrected chi connectivity index (χ3v) is 9.89. The number of aromatic nitrogens is 2. The van der Waals surface area contributed by atoms with Gasteiger partial charge in [-0.3, -0.25) is 0 Å². The molecule has 0 atom stereocenters. The number of para-hydroxylation sites is 2. The fourth-order valence-electron chi connectivity index (χ4n) is 7.74. The predicted octanol–water partition coefficient (Wildman–Crippen LogP) is 12.4. The third-order valence-electron chi connectivity index (χ3n) is 9.89. The molecule has 2 heteroatoms. The van der Waals surface area contributed by atoms with Gasteiger partial charge in [-0.2, -0.15) is 0 Å². The van der Waals surface area contributed by atoms with Gasteiger partial charge in [0.05, 0.1) is 22.1 Å². The zero-order chi connectivity index (χ0) is 31.6. The van der Waals surface area contributed by atoms with Gasteiger partial charge < -0.3 is 9.13 Å². The molecule has 0 amide bonds. The van der Waals surface area contributed by atoms with Crippen LogP contribution < -0.4 is 0 Å². The molecule has 10 aromatic rings. The second-order valence-corrected chi connectivity index (χ2v) is 12.6. The lowest BCUT2D eigenvalue weighted by Crippen LogP contribution is -1.96. The molecular weight excluding hydrogens is 581 g/mol. The van der Waals surface area contributed by atoms with Crippen LogP contribution in [0, 0.1) is 0 Å². The topological polar surface area (TPSA) is 9.86 Å². The normalized spacial score (nSPS) is 11.8. The summed E-state index contributed by atoms with van der Waals surface area (Å²) >= 11 is 0. The number of hydrogen-bond donors (Lipinski definition) is 0. The van der Waals surface area contributed by atoms with Crippen LogP contribution in [-0.4, -0.2) is 9.13 Å². The molecule has 2 nitrogen and oxygen atoms in total. The third kappa shape index (κ3) is 4.00. The summed E-state index contributed by atoms with van der Waals surface area (Å²) in [6.45, 7) is 0. The average Bonchev–Trinajstić information content (AvgIpc) is 3.69. The summed E-state index contributed by atoms with van der Waals surface area (Å²) in [5.74, 6) is 0. The standard InChI is InChI=1S/C46H30N2/c1-3-12-31(13-4-1)32-22-24-33(25-23-32)35-15-11-18-37(30-35)48-42-21-10-9-20-39(42)40-28-29-43-44(46(40)48)41-27-26-34-14-7-8-19-38(34)45(41)47(43)36-16-5-2-6-17-36/h1-30H. The molecule has 224 valence electrons. The molecule has 0 bridgehead atoms. The van der Waals surface area contributed by atoms with Crippen LogP contribution in [0.2, 0.25) is 0 Å². The fourth-order valence-corrected chi connectivity index (χ4v) is 7.74. The summed E-state index contributed by atoms with van der Waals surface area (Å²) in [5.41, 5.74) is 12.1. The molecule has 0 fully saturated rings. The molecule has 0 unspecified atom stereocenters. The van der Waals surface area contributed by atoms with Crippen LogP contribution in [0.5, 0.6) is 0 Å². The van der Waals surface area contributed by atoms with Crippen molar-refractivity contribution in [3.05, 3.63) is 182 Å². The van der Waals surface area contributed by atoms with E-state index in [1.165, 1.54) is 76.6 Å². The van der Waals surface area contributed by atoms with Crippen molar-refractivity contribution in [1.29, 1.82) is 0 Å². The SMILES string of the molecule is c1ccc(-c2ccc(-c3cccc(-n4c5ccccc5c5ccc6c(c7ccc8ccccc8c7n6-c6ccccc6)c54)c3)cc2)cc1. The Morgan fingerprint density at radius 2 is 0.875 bits per heavy atom. The molecule has 0 aliphatic carbocycles. The van der Waals surface area contributed by atoms with Crippen molar-refractivity contribution in [2.24, 2.45) is 0 Å². The summed E-state index contributed by atoms with van der Waals surface area (Å²) in [5, 5.41) is 7.55. The van der Waals surface area contributed by atoms with E-state index in [0.717, 1.165) is 11.4 Å². The number of nitrogens with zero attached hydrogens (tertiary/aromatic N) is 2. The van der Waals surface area contributed by atoms with Gasteiger partial charge in [0.2, 0.25) is 0 Å². The summed E-state index contributed by atoms with van der Waals surface area (Å²) in [7, 11) is 0. The van der Waals surface area contributed by atoms with Crippen LogP contribution in [0.1, 0.15) is 0 Å². The highest BCUT2D eigenvalue weighted by Crippen LogP contribution is 2.44.